The van der Waals surface area contributed by atoms with E-state index in [4.69, 9.17) is 32.7 Å². The predicted octanol–water partition coefficient (Wildman–Crippen LogP) is 3.76. The molecule has 3 nitrogen and oxygen atoms in total. The summed E-state index contributed by atoms with van der Waals surface area (Å²) >= 11 is 11.8. The van der Waals surface area contributed by atoms with Gasteiger partial charge >= 0.3 is 0 Å². The lowest BCUT2D eigenvalue weighted by atomic mass is 10.1. The van der Waals surface area contributed by atoms with Gasteiger partial charge < -0.3 is 9.47 Å². The second kappa shape index (κ2) is 6.23. The van der Waals surface area contributed by atoms with Gasteiger partial charge in [0.2, 0.25) is 0 Å². The molecule has 0 bridgehead atoms. The highest BCUT2D eigenvalue weighted by molar-refractivity contribution is 6.42. The van der Waals surface area contributed by atoms with Crippen LogP contribution < -0.4 is 0 Å². The Morgan fingerprint density at radius 2 is 2.16 bits per heavy atom. The molecule has 1 saturated heterocycles. The van der Waals surface area contributed by atoms with Gasteiger partial charge in [0, 0.05) is 12.8 Å². The lowest BCUT2D eigenvalue weighted by Gasteiger charge is -2.15. The van der Waals surface area contributed by atoms with Gasteiger partial charge in [0.25, 0.3) is 0 Å². The van der Waals surface area contributed by atoms with Gasteiger partial charge in [0.1, 0.15) is 6.10 Å². The quantitative estimate of drug-likeness (QED) is 0.793. The van der Waals surface area contributed by atoms with Crippen LogP contribution in [0.1, 0.15) is 19.4 Å². The molecule has 1 aliphatic rings. The third kappa shape index (κ3) is 4.46. The zero-order valence-corrected chi connectivity index (χ0v) is 12.5. The van der Waals surface area contributed by atoms with Crippen molar-refractivity contribution < 1.29 is 9.47 Å². The lowest BCUT2D eigenvalue weighted by molar-refractivity contribution is -0.130. The lowest BCUT2D eigenvalue weighted by Crippen LogP contribution is -2.22. The largest absolute Gasteiger partial charge is 0.347 e. The van der Waals surface area contributed by atoms with Crippen LogP contribution in [0.4, 0.5) is 0 Å². The summed E-state index contributed by atoms with van der Waals surface area (Å²) in [5.41, 5.74) is 1.12. The summed E-state index contributed by atoms with van der Waals surface area (Å²) < 4.78 is 11.1. The van der Waals surface area contributed by atoms with E-state index in [1.165, 1.54) is 0 Å². The van der Waals surface area contributed by atoms with Gasteiger partial charge in [0.05, 0.1) is 16.7 Å². The maximum absolute atomic E-state index is 5.95. The van der Waals surface area contributed by atoms with E-state index >= 15 is 0 Å². The third-order valence-electron chi connectivity index (χ3n) is 2.82. The molecule has 0 aliphatic carbocycles. The number of aliphatic imine (C=N–C) groups is 1. The van der Waals surface area contributed by atoms with Crippen molar-refractivity contribution in [2.75, 3.05) is 13.2 Å². The molecule has 0 N–H and O–H groups in total. The van der Waals surface area contributed by atoms with Crippen molar-refractivity contribution in [2.24, 2.45) is 4.99 Å². The number of hydrogen-bond donors (Lipinski definition) is 0. The predicted molar refractivity (Wildman–Crippen MR) is 78.4 cm³/mol. The van der Waals surface area contributed by atoms with E-state index in [1.807, 2.05) is 32.2 Å². The fraction of sp³-hybridized carbons (Fsp3) is 0.500. The summed E-state index contributed by atoms with van der Waals surface area (Å²) in [4.78, 5) is 4.36. The second-order valence-corrected chi connectivity index (χ2v) is 5.74. The summed E-state index contributed by atoms with van der Waals surface area (Å²) in [6, 6.07) is 5.64. The molecule has 0 radical (unpaired) electrons. The van der Waals surface area contributed by atoms with Crippen LogP contribution in [-0.2, 0) is 15.9 Å². The van der Waals surface area contributed by atoms with Crippen LogP contribution >= 0.6 is 23.2 Å². The van der Waals surface area contributed by atoms with Crippen LogP contribution in [0.2, 0.25) is 10.0 Å². The van der Waals surface area contributed by atoms with E-state index in [1.54, 1.807) is 6.07 Å². The summed E-state index contributed by atoms with van der Waals surface area (Å²) in [6.45, 7) is 5.05. The van der Waals surface area contributed by atoms with Gasteiger partial charge in [0.15, 0.2) is 5.79 Å². The van der Waals surface area contributed by atoms with Crippen LogP contribution in [0, 0.1) is 0 Å². The first-order valence-electron chi connectivity index (χ1n) is 6.22. The SMILES string of the molecule is CC1(C)OC[C@H](C=NCCc2ccc(Cl)c(Cl)c2)O1. The number of halogens is 2. The molecule has 1 atom stereocenters. The Kier molecular flexibility index (Phi) is 4.85. The zero-order valence-electron chi connectivity index (χ0n) is 11.0. The van der Waals surface area contributed by atoms with Crippen LogP contribution in [0.3, 0.4) is 0 Å². The Hall–Kier alpha value is -0.610. The Labute approximate surface area is 123 Å². The van der Waals surface area contributed by atoms with Crippen molar-refractivity contribution in [3.63, 3.8) is 0 Å². The smallest absolute Gasteiger partial charge is 0.163 e. The van der Waals surface area contributed by atoms with Gasteiger partial charge in [-0.1, -0.05) is 29.3 Å². The maximum Gasteiger partial charge on any atom is 0.163 e. The van der Waals surface area contributed by atoms with E-state index in [9.17, 15) is 0 Å². The minimum absolute atomic E-state index is 0.0520. The van der Waals surface area contributed by atoms with Crippen LogP contribution in [0.5, 0.6) is 0 Å². The van der Waals surface area contributed by atoms with Crippen molar-refractivity contribution in [3.8, 4) is 0 Å². The molecule has 1 heterocycles. The molecule has 1 fully saturated rings. The van der Waals surface area contributed by atoms with Gasteiger partial charge in [-0.3, -0.25) is 4.99 Å². The maximum atomic E-state index is 5.95. The Balaban J connectivity index is 1.79. The van der Waals surface area contributed by atoms with Gasteiger partial charge in [-0.25, -0.2) is 0 Å². The van der Waals surface area contributed by atoms with E-state index in [-0.39, 0.29) is 6.10 Å². The fourth-order valence-corrected chi connectivity index (χ4v) is 2.19. The molecule has 19 heavy (non-hydrogen) atoms. The van der Waals surface area contributed by atoms with Crippen molar-refractivity contribution in [2.45, 2.75) is 32.2 Å². The average Bonchev–Trinajstić information content (AvgIpc) is 2.69. The number of ether oxygens (including phenoxy) is 2. The normalized spacial score (nSPS) is 22.2. The molecule has 0 amide bonds. The highest BCUT2D eigenvalue weighted by Gasteiger charge is 2.31. The molecular weight excluding hydrogens is 285 g/mol. The number of nitrogens with zero attached hydrogens (tertiary/aromatic N) is 1. The van der Waals surface area contributed by atoms with E-state index in [0.29, 0.717) is 23.2 Å². The molecule has 1 aromatic carbocycles. The van der Waals surface area contributed by atoms with Crippen molar-refractivity contribution in [1.82, 2.24) is 0 Å². The highest BCUT2D eigenvalue weighted by atomic mass is 35.5. The van der Waals surface area contributed by atoms with Crippen molar-refractivity contribution >= 4 is 29.4 Å². The minimum Gasteiger partial charge on any atom is -0.347 e. The van der Waals surface area contributed by atoms with Crippen molar-refractivity contribution in [3.05, 3.63) is 33.8 Å². The van der Waals surface area contributed by atoms with Gasteiger partial charge in [-0.05, 0) is 38.0 Å². The Morgan fingerprint density at radius 3 is 2.79 bits per heavy atom. The Morgan fingerprint density at radius 1 is 1.37 bits per heavy atom. The number of hydrogen-bond acceptors (Lipinski definition) is 3. The first-order chi connectivity index (χ1) is 8.96. The van der Waals surface area contributed by atoms with Gasteiger partial charge in [-0.2, -0.15) is 0 Å². The highest BCUT2D eigenvalue weighted by Crippen LogP contribution is 2.23. The standard InChI is InChI=1S/C14H17Cl2NO2/c1-14(2)18-9-11(19-14)8-17-6-5-10-3-4-12(15)13(16)7-10/h3-4,7-8,11H,5-6,9H2,1-2H3/t11-/m0/s1. The minimum atomic E-state index is -0.500. The summed E-state index contributed by atoms with van der Waals surface area (Å²) in [7, 11) is 0. The molecule has 5 heteroatoms. The Bertz CT molecular complexity index is 475. The molecule has 1 aromatic rings. The second-order valence-electron chi connectivity index (χ2n) is 4.92. The first-order valence-corrected chi connectivity index (χ1v) is 6.97. The molecule has 1 aliphatic heterocycles. The molecule has 0 aromatic heterocycles. The topological polar surface area (TPSA) is 30.8 Å². The van der Waals surface area contributed by atoms with Crippen LogP contribution in [0.25, 0.3) is 0 Å². The van der Waals surface area contributed by atoms with Crippen LogP contribution in [0.15, 0.2) is 23.2 Å². The van der Waals surface area contributed by atoms with E-state index < -0.39 is 5.79 Å². The molecular formula is C14H17Cl2NO2. The fourth-order valence-electron chi connectivity index (χ4n) is 1.87. The average molecular weight is 302 g/mol. The van der Waals surface area contributed by atoms with Gasteiger partial charge in [-0.15, -0.1) is 0 Å². The first kappa shape index (κ1) is 14.8. The third-order valence-corrected chi connectivity index (χ3v) is 3.55. The summed E-state index contributed by atoms with van der Waals surface area (Å²) in [6.07, 6.45) is 2.58. The molecule has 104 valence electrons. The van der Waals surface area contributed by atoms with Crippen molar-refractivity contribution in [1.29, 1.82) is 0 Å². The molecule has 0 unspecified atom stereocenters. The molecule has 0 saturated carbocycles. The summed E-state index contributed by atoms with van der Waals surface area (Å²) in [5.74, 6) is -0.500. The summed E-state index contributed by atoms with van der Waals surface area (Å²) in [5, 5.41) is 1.16. The molecule has 2 rings (SSSR count). The molecule has 0 spiro atoms. The van der Waals surface area contributed by atoms with Crippen LogP contribution in [-0.4, -0.2) is 31.3 Å². The zero-order chi connectivity index (χ0) is 13.9. The van der Waals surface area contributed by atoms with E-state index in [0.717, 1.165) is 12.0 Å². The number of rotatable bonds is 4. The number of benzene rings is 1. The monoisotopic (exact) mass is 301 g/mol. The van der Waals surface area contributed by atoms with E-state index in [2.05, 4.69) is 4.99 Å².